The second-order valence-corrected chi connectivity index (χ2v) is 4.59. The van der Waals surface area contributed by atoms with Crippen molar-refractivity contribution in [1.29, 1.82) is 0 Å². The average molecular weight is 282 g/mol. The van der Waals surface area contributed by atoms with Crippen molar-refractivity contribution >= 4 is 23.0 Å². The van der Waals surface area contributed by atoms with E-state index in [9.17, 15) is 0 Å². The second-order valence-electron chi connectivity index (χ2n) is 4.25. The molecule has 3 rings (SSSR count). The Morgan fingerprint density at radius 1 is 0.850 bits per heavy atom. The Bertz CT molecular complexity index is 714. The topological polar surface area (TPSA) is 37.8 Å². The van der Waals surface area contributed by atoms with E-state index in [2.05, 4.69) is 15.3 Å². The van der Waals surface area contributed by atoms with Crippen molar-refractivity contribution in [2.45, 2.75) is 0 Å². The summed E-state index contributed by atoms with van der Waals surface area (Å²) in [6.45, 7) is 0. The van der Waals surface area contributed by atoms with Crippen molar-refractivity contribution < 1.29 is 0 Å². The molecule has 0 spiro atoms. The van der Waals surface area contributed by atoms with E-state index < -0.39 is 0 Å². The summed E-state index contributed by atoms with van der Waals surface area (Å²) in [6.07, 6.45) is 1.66. The van der Waals surface area contributed by atoms with Crippen LogP contribution in [0.3, 0.4) is 0 Å². The summed E-state index contributed by atoms with van der Waals surface area (Å²) < 4.78 is 0. The van der Waals surface area contributed by atoms with Gasteiger partial charge in [-0.1, -0.05) is 36.4 Å². The highest BCUT2D eigenvalue weighted by molar-refractivity contribution is 6.28. The minimum absolute atomic E-state index is 0.247. The van der Waals surface area contributed by atoms with Gasteiger partial charge in [0.1, 0.15) is 0 Å². The summed E-state index contributed by atoms with van der Waals surface area (Å²) in [5.41, 5.74) is 3.79. The molecule has 3 aromatic rings. The molecule has 0 radical (unpaired) electrons. The van der Waals surface area contributed by atoms with Crippen molar-refractivity contribution in [3.63, 3.8) is 0 Å². The van der Waals surface area contributed by atoms with Gasteiger partial charge in [-0.15, -0.1) is 0 Å². The maximum absolute atomic E-state index is 5.86. The van der Waals surface area contributed by atoms with E-state index in [4.69, 9.17) is 11.6 Å². The predicted octanol–water partition coefficient (Wildman–Crippen LogP) is 4.54. The third-order valence-electron chi connectivity index (χ3n) is 2.88. The van der Waals surface area contributed by atoms with Crippen LogP contribution in [0.25, 0.3) is 11.3 Å². The molecule has 0 bridgehead atoms. The first-order valence-corrected chi connectivity index (χ1v) is 6.61. The van der Waals surface area contributed by atoms with Crippen LogP contribution in [0.15, 0.2) is 66.9 Å². The summed E-state index contributed by atoms with van der Waals surface area (Å²) in [5.74, 6) is 0. The molecular weight excluding hydrogens is 270 g/mol. The van der Waals surface area contributed by atoms with Gasteiger partial charge in [0.05, 0.1) is 5.69 Å². The van der Waals surface area contributed by atoms with Crippen LogP contribution in [0.5, 0.6) is 0 Å². The molecule has 0 aliphatic rings. The molecule has 0 fully saturated rings. The Kier molecular flexibility index (Phi) is 3.61. The van der Waals surface area contributed by atoms with Gasteiger partial charge in [-0.25, -0.2) is 9.97 Å². The minimum Gasteiger partial charge on any atom is -0.355 e. The fourth-order valence-corrected chi connectivity index (χ4v) is 2.12. The zero-order chi connectivity index (χ0) is 13.8. The van der Waals surface area contributed by atoms with E-state index in [1.165, 1.54) is 0 Å². The number of anilines is 2. The zero-order valence-electron chi connectivity index (χ0n) is 10.6. The van der Waals surface area contributed by atoms with Gasteiger partial charge in [-0.05, 0) is 35.9 Å². The second kappa shape index (κ2) is 5.72. The summed E-state index contributed by atoms with van der Waals surface area (Å²) >= 11 is 5.86. The minimum atomic E-state index is 0.247. The molecule has 3 nitrogen and oxygen atoms in total. The van der Waals surface area contributed by atoms with Crippen molar-refractivity contribution in [3.8, 4) is 11.3 Å². The fourth-order valence-electron chi connectivity index (χ4n) is 1.98. The first kappa shape index (κ1) is 12.6. The Morgan fingerprint density at radius 2 is 1.60 bits per heavy atom. The molecular formula is C16H12ClN3. The number of nitrogens with one attached hydrogen (secondary N) is 1. The van der Waals surface area contributed by atoms with Crippen molar-refractivity contribution in [2.24, 2.45) is 0 Å². The normalized spacial score (nSPS) is 10.2. The number of aromatic nitrogens is 2. The monoisotopic (exact) mass is 281 g/mol. The smallest absolute Gasteiger partial charge is 0.222 e. The van der Waals surface area contributed by atoms with Crippen LogP contribution in [-0.2, 0) is 0 Å². The summed E-state index contributed by atoms with van der Waals surface area (Å²) in [5, 5.41) is 3.63. The number of nitrogens with zero attached hydrogens (tertiary/aromatic N) is 2. The molecule has 1 heterocycles. The summed E-state index contributed by atoms with van der Waals surface area (Å²) in [6, 6.07) is 19.8. The molecule has 4 heteroatoms. The molecule has 1 N–H and O–H groups in total. The van der Waals surface area contributed by atoms with Crippen molar-refractivity contribution in [2.75, 3.05) is 5.32 Å². The first-order chi connectivity index (χ1) is 9.83. The van der Waals surface area contributed by atoms with Crippen molar-refractivity contribution in [3.05, 3.63) is 72.1 Å². The summed E-state index contributed by atoms with van der Waals surface area (Å²) in [7, 11) is 0. The fraction of sp³-hybridized carbons (Fsp3) is 0. The van der Waals surface area contributed by atoms with Crippen LogP contribution >= 0.6 is 11.6 Å². The Labute approximate surface area is 122 Å². The standard InChI is InChI=1S/C16H12ClN3/c17-16-18-11-10-15(20-16)13-8-4-5-9-14(13)19-12-6-2-1-3-7-12/h1-11,19H. The Morgan fingerprint density at radius 3 is 2.40 bits per heavy atom. The highest BCUT2D eigenvalue weighted by Crippen LogP contribution is 2.29. The number of hydrogen-bond acceptors (Lipinski definition) is 3. The molecule has 0 amide bonds. The van der Waals surface area contributed by atoms with Gasteiger partial charge in [0, 0.05) is 23.1 Å². The van der Waals surface area contributed by atoms with Gasteiger partial charge in [0.25, 0.3) is 0 Å². The quantitative estimate of drug-likeness (QED) is 0.716. The first-order valence-electron chi connectivity index (χ1n) is 6.23. The van der Waals surface area contributed by atoms with Crippen LogP contribution < -0.4 is 5.32 Å². The lowest BCUT2D eigenvalue weighted by atomic mass is 10.1. The Hall–Kier alpha value is -2.39. The van der Waals surface area contributed by atoms with Gasteiger partial charge in [0.2, 0.25) is 5.28 Å². The van der Waals surface area contributed by atoms with E-state index in [1.54, 1.807) is 6.20 Å². The highest BCUT2D eigenvalue weighted by Gasteiger charge is 2.06. The number of para-hydroxylation sites is 2. The highest BCUT2D eigenvalue weighted by atomic mass is 35.5. The zero-order valence-corrected chi connectivity index (χ0v) is 11.4. The number of hydrogen-bond donors (Lipinski definition) is 1. The lowest BCUT2D eigenvalue weighted by Gasteiger charge is -2.11. The van der Waals surface area contributed by atoms with Crippen LogP contribution in [0, 0.1) is 0 Å². The van der Waals surface area contributed by atoms with Crippen LogP contribution in [0.4, 0.5) is 11.4 Å². The van der Waals surface area contributed by atoms with E-state index >= 15 is 0 Å². The molecule has 2 aromatic carbocycles. The number of benzene rings is 2. The maximum Gasteiger partial charge on any atom is 0.222 e. The predicted molar refractivity (Wildman–Crippen MR) is 82.2 cm³/mol. The van der Waals surface area contributed by atoms with E-state index in [0.717, 1.165) is 22.6 Å². The largest absolute Gasteiger partial charge is 0.355 e. The van der Waals surface area contributed by atoms with Gasteiger partial charge in [-0.3, -0.25) is 0 Å². The SMILES string of the molecule is Clc1nccc(-c2ccccc2Nc2ccccc2)n1. The van der Waals surface area contributed by atoms with Crippen LogP contribution in [-0.4, -0.2) is 9.97 Å². The lowest BCUT2D eigenvalue weighted by Crippen LogP contribution is -1.94. The molecule has 0 saturated heterocycles. The number of rotatable bonds is 3. The average Bonchev–Trinajstić information content (AvgIpc) is 2.49. The van der Waals surface area contributed by atoms with Crippen molar-refractivity contribution in [1.82, 2.24) is 9.97 Å². The third-order valence-corrected chi connectivity index (χ3v) is 3.06. The molecule has 1 aromatic heterocycles. The lowest BCUT2D eigenvalue weighted by molar-refractivity contribution is 1.17. The van der Waals surface area contributed by atoms with E-state index in [0.29, 0.717) is 0 Å². The van der Waals surface area contributed by atoms with Gasteiger partial charge in [-0.2, -0.15) is 0 Å². The molecule has 0 saturated carbocycles. The number of halogens is 1. The maximum atomic E-state index is 5.86. The third kappa shape index (κ3) is 2.78. The van der Waals surface area contributed by atoms with E-state index in [1.807, 2.05) is 60.7 Å². The van der Waals surface area contributed by atoms with E-state index in [-0.39, 0.29) is 5.28 Å². The van der Waals surface area contributed by atoms with Gasteiger partial charge < -0.3 is 5.32 Å². The molecule has 0 unspecified atom stereocenters. The Balaban J connectivity index is 2.00. The van der Waals surface area contributed by atoms with Crippen LogP contribution in [0.1, 0.15) is 0 Å². The van der Waals surface area contributed by atoms with Crippen LogP contribution in [0.2, 0.25) is 5.28 Å². The van der Waals surface area contributed by atoms with Gasteiger partial charge >= 0.3 is 0 Å². The molecule has 20 heavy (non-hydrogen) atoms. The molecule has 0 atom stereocenters. The summed E-state index contributed by atoms with van der Waals surface area (Å²) in [4.78, 5) is 8.17. The van der Waals surface area contributed by atoms with Gasteiger partial charge in [0.15, 0.2) is 0 Å². The molecule has 98 valence electrons. The molecule has 0 aliphatic carbocycles. The molecule has 0 aliphatic heterocycles.